The number of rotatable bonds is 9. The fourth-order valence-electron chi connectivity index (χ4n) is 1.99. The van der Waals surface area contributed by atoms with Crippen molar-refractivity contribution in [1.82, 2.24) is 0 Å². The van der Waals surface area contributed by atoms with Crippen LogP contribution in [0.4, 0.5) is 28.2 Å². The van der Waals surface area contributed by atoms with Gasteiger partial charge in [-0.05, 0) is 37.5 Å². The third-order valence-corrected chi connectivity index (χ3v) is 7.32. The minimum atomic E-state index is -9.98. The molecule has 0 radical (unpaired) electrons. The topological polar surface area (TPSA) is 0 Å². The molecule has 25 heavy (non-hydrogen) atoms. The average Bonchev–Trinajstić information content (AvgIpc) is 2.48. The van der Waals surface area contributed by atoms with E-state index in [0.717, 1.165) is 24.8 Å². The molecule has 0 aliphatic rings. The summed E-state index contributed by atoms with van der Waals surface area (Å²) in [6.45, 7) is 4.05. The second-order valence-electron chi connectivity index (χ2n) is 5.62. The van der Waals surface area contributed by atoms with Crippen molar-refractivity contribution in [3.8, 4) is 0 Å². The maximum Gasteiger partial charge on any atom is 0.311 e. The standard InChI is InChI=1S/C15H21F7S3/c1-4-11(16)8-23-13-6-7-14(24-9-12(17)5-2)15(10(13)3)25(18,19,20,21)22/h6-7,11-12H,4-5,8-9H2,1-3H3. The molecule has 0 bridgehead atoms. The van der Waals surface area contributed by atoms with E-state index in [1.54, 1.807) is 6.92 Å². The Labute approximate surface area is 152 Å². The number of thioether (sulfide) groups is 2. The van der Waals surface area contributed by atoms with Gasteiger partial charge in [0.05, 0.1) is 0 Å². The summed E-state index contributed by atoms with van der Waals surface area (Å²) in [5.74, 6) is -0.461. The van der Waals surface area contributed by atoms with Crippen LogP contribution in [0.3, 0.4) is 0 Å². The van der Waals surface area contributed by atoms with E-state index >= 15 is 0 Å². The Morgan fingerprint density at radius 3 is 1.64 bits per heavy atom. The van der Waals surface area contributed by atoms with Crippen molar-refractivity contribution in [3.05, 3.63) is 17.7 Å². The number of hydrogen-bond donors (Lipinski definition) is 0. The van der Waals surface area contributed by atoms with Gasteiger partial charge < -0.3 is 0 Å². The minimum Gasteiger partial charge on any atom is -0.247 e. The van der Waals surface area contributed by atoms with Gasteiger partial charge in [0, 0.05) is 21.3 Å². The first-order valence-electron chi connectivity index (χ1n) is 7.61. The summed E-state index contributed by atoms with van der Waals surface area (Å²) >= 11 is 1.20. The normalized spacial score (nSPS) is 17.7. The van der Waals surface area contributed by atoms with E-state index in [-0.39, 0.29) is 29.2 Å². The summed E-state index contributed by atoms with van der Waals surface area (Å²) in [6, 6.07) is 2.19. The summed E-state index contributed by atoms with van der Waals surface area (Å²) in [7, 11) is -9.98. The van der Waals surface area contributed by atoms with Crippen LogP contribution >= 0.6 is 33.7 Å². The molecule has 148 valence electrons. The van der Waals surface area contributed by atoms with Gasteiger partial charge >= 0.3 is 10.2 Å². The molecule has 0 aliphatic carbocycles. The van der Waals surface area contributed by atoms with E-state index in [1.165, 1.54) is 13.0 Å². The van der Waals surface area contributed by atoms with E-state index in [1.807, 2.05) is 0 Å². The lowest BCUT2D eigenvalue weighted by Crippen LogP contribution is -2.12. The highest BCUT2D eigenvalue weighted by Gasteiger charge is 2.67. The molecular formula is C15H21F7S3. The minimum absolute atomic E-state index is 0.0454. The Morgan fingerprint density at radius 2 is 1.24 bits per heavy atom. The lowest BCUT2D eigenvalue weighted by Gasteiger charge is -2.43. The van der Waals surface area contributed by atoms with Crippen molar-refractivity contribution in [2.75, 3.05) is 11.5 Å². The molecule has 0 spiro atoms. The second kappa shape index (κ2) is 7.42. The molecule has 2 unspecified atom stereocenters. The Bertz CT molecular complexity index is 601. The van der Waals surface area contributed by atoms with Crippen molar-refractivity contribution in [2.24, 2.45) is 0 Å². The Morgan fingerprint density at radius 1 is 0.840 bits per heavy atom. The largest absolute Gasteiger partial charge is 0.311 e. The highest BCUT2D eigenvalue weighted by molar-refractivity contribution is 8.46. The Kier molecular flexibility index (Phi) is 6.77. The van der Waals surface area contributed by atoms with E-state index in [2.05, 4.69) is 0 Å². The number of halogens is 7. The molecule has 0 aliphatic heterocycles. The van der Waals surface area contributed by atoms with Gasteiger partial charge in [-0.15, -0.1) is 23.5 Å². The second-order valence-corrected chi connectivity index (χ2v) is 10.1. The first-order chi connectivity index (χ1) is 11.2. The van der Waals surface area contributed by atoms with Crippen LogP contribution in [0.2, 0.25) is 0 Å². The summed E-state index contributed by atoms with van der Waals surface area (Å²) < 4.78 is 94.3. The fraction of sp³-hybridized carbons (Fsp3) is 0.600. The quantitative estimate of drug-likeness (QED) is 0.285. The van der Waals surface area contributed by atoms with Gasteiger partial charge in [-0.3, -0.25) is 0 Å². The molecule has 0 fully saturated rings. The predicted molar refractivity (Wildman–Crippen MR) is 94.4 cm³/mol. The first kappa shape index (κ1) is 22.8. The van der Waals surface area contributed by atoms with E-state index in [9.17, 15) is 28.2 Å². The molecular weight excluding hydrogens is 409 g/mol. The highest BCUT2D eigenvalue weighted by Crippen LogP contribution is 3.03. The predicted octanol–water partition coefficient (Wildman–Crippen LogP) is 8.33. The number of benzene rings is 1. The van der Waals surface area contributed by atoms with E-state index in [4.69, 9.17) is 0 Å². The van der Waals surface area contributed by atoms with E-state index in [0.29, 0.717) is 11.8 Å². The molecule has 10 heteroatoms. The number of hydrogen-bond acceptors (Lipinski definition) is 2. The maximum atomic E-state index is 13.5. The molecule has 1 aromatic carbocycles. The van der Waals surface area contributed by atoms with Crippen LogP contribution in [0.1, 0.15) is 32.3 Å². The lowest BCUT2D eigenvalue weighted by atomic mass is 10.2. The third-order valence-electron chi connectivity index (χ3n) is 3.43. The lowest BCUT2D eigenvalue weighted by molar-refractivity contribution is 0.355. The zero-order valence-corrected chi connectivity index (χ0v) is 16.5. The first-order valence-corrected chi connectivity index (χ1v) is 11.5. The van der Waals surface area contributed by atoms with Crippen molar-refractivity contribution >= 4 is 33.7 Å². The molecule has 0 aromatic heterocycles. The van der Waals surface area contributed by atoms with Crippen molar-refractivity contribution in [2.45, 2.75) is 60.6 Å². The van der Waals surface area contributed by atoms with E-state index < -0.39 is 37.9 Å². The number of alkyl halides is 2. The van der Waals surface area contributed by atoms with Crippen molar-refractivity contribution in [1.29, 1.82) is 0 Å². The zero-order valence-electron chi connectivity index (χ0n) is 14.0. The Balaban J connectivity index is 3.34. The summed E-state index contributed by atoms with van der Waals surface area (Å²) in [4.78, 5) is -2.72. The smallest absolute Gasteiger partial charge is 0.247 e. The van der Waals surface area contributed by atoms with Crippen molar-refractivity contribution < 1.29 is 28.2 Å². The van der Waals surface area contributed by atoms with Crippen LogP contribution < -0.4 is 0 Å². The van der Waals surface area contributed by atoms with Gasteiger partial charge in [0.15, 0.2) is 0 Å². The van der Waals surface area contributed by atoms with Crippen LogP contribution in [0, 0.1) is 6.92 Å². The highest BCUT2D eigenvalue weighted by atomic mass is 32.5. The molecule has 1 aromatic rings. The van der Waals surface area contributed by atoms with Gasteiger partial charge in [0.1, 0.15) is 17.2 Å². The van der Waals surface area contributed by atoms with Gasteiger partial charge in [-0.2, -0.15) is 0 Å². The summed E-state index contributed by atoms with van der Waals surface area (Å²) in [5.41, 5.74) is -0.635. The fourth-order valence-corrected chi connectivity index (χ4v) is 5.97. The van der Waals surface area contributed by atoms with Crippen LogP contribution in [-0.2, 0) is 0 Å². The molecule has 0 nitrogen and oxygen atoms in total. The summed E-state index contributed by atoms with van der Waals surface area (Å²) in [5, 5.41) is 0. The molecule has 0 N–H and O–H groups in total. The van der Waals surface area contributed by atoms with Gasteiger partial charge in [-0.25, -0.2) is 8.78 Å². The molecule has 2 atom stereocenters. The van der Waals surface area contributed by atoms with Gasteiger partial charge in [-0.1, -0.05) is 33.3 Å². The van der Waals surface area contributed by atoms with Crippen LogP contribution in [-0.4, -0.2) is 23.8 Å². The SMILES string of the molecule is CCC(F)CSc1ccc(SCC(F)CC)c(S(F)(F)(F)(F)F)c1C. The molecule has 0 saturated carbocycles. The van der Waals surface area contributed by atoms with Crippen LogP contribution in [0.25, 0.3) is 0 Å². The molecule has 0 saturated heterocycles. The monoisotopic (exact) mass is 430 g/mol. The Hall–Kier alpha value is -0.220. The third kappa shape index (κ3) is 6.78. The van der Waals surface area contributed by atoms with Crippen LogP contribution in [0.5, 0.6) is 0 Å². The van der Waals surface area contributed by atoms with Gasteiger partial charge in [0.25, 0.3) is 0 Å². The molecule has 0 heterocycles. The molecule has 0 amide bonds. The zero-order chi connectivity index (χ0) is 19.5. The maximum absolute atomic E-state index is 13.5. The molecule has 1 rings (SSSR count). The van der Waals surface area contributed by atoms with Crippen LogP contribution in [0.15, 0.2) is 26.8 Å². The van der Waals surface area contributed by atoms with Gasteiger partial charge in [0.2, 0.25) is 0 Å². The van der Waals surface area contributed by atoms with Crippen molar-refractivity contribution in [3.63, 3.8) is 0 Å². The summed E-state index contributed by atoms with van der Waals surface area (Å²) in [6.07, 6.45) is -2.36. The average molecular weight is 431 g/mol.